The molecule has 0 aromatic carbocycles. The molecule has 3 atom stereocenters. The van der Waals surface area contributed by atoms with Crippen molar-refractivity contribution in [3.8, 4) is 0 Å². The highest BCUT2D eigenvalue weighted by Crippen LogP contribution is 2.19. The maximum absolute atomic E-state index is 11.5. The van der Waals surface area contributed by atoms with Gasteiger partial charge >= 0.3 is 5.97 Å². The Morgan fingerprint density at radius 2 is 2.19 bits per heavy atom. The van der Waals surface area contributed by atoms with E-state index < -0.39 is 12.1 Å². The second-order valence-corrected chi connectivity index (χ2v) is 4.22. The van der Waals surface area contributed by atoms with Crippen molar-refractivity contribution in [2.75, 3.05) is 6.54 Å². The lowest BCUT2D eigenvalue weighted by Gasteiger charge is -2.14. The minimum absolute atomic E-state index is 0.00308. The van der Waals surface area contributed by atoms with E-state index in [2.05, 4.69) is 5.32 Å². The Morgan fingerprint density at radius 1 is 1.50 bits per heavy atom. The highest BCUT2D eigenvalue weighted by Gasteiger charge is 2.30. The first-order valence-corrected chi connectivity index (χ1v) is 5.70. The van der Waals surface area contributed by atoms with E-state index in [1.165, 1.54) is 0 Å². The van der Waals surface area contributed by atoms with Crippen molar-refractivity contribution < 1.29 is 19.4 Å². The fourth-order valence-corrected chi connectivity index (χ4v) is 1.61. The van der Waals surface area contributed by atoms with Crippen LogP contribution in [0.25, 0.3) is 0 Å². The molecule has 0 radical (unpaired) electrons. The number of hydrogen-bond donors (Lipinski definition) is 2. The third kappa shape index (κ3) is 3.48. The first-order valence-electron chi connectivity index (χ1n) is 5.70. The molecule has 5 heteroatoms. The fraction of sp³-hybridized carbons (Fsp3) is 0.818. The van der Waals surface area contributed by atoms with Crippen molar-refractivity contribution in [3.63, 3.8) is 0 Å². The Balaban J connectivity index is 2.25. The van der Waals surface area contributed by atoms with Crippen LogP contribution < -0.4 is 5.32 Å². The quantitative estimate of drug-likeness (QED) is 0.730. The van der Waals surface area contributed by atoms with Crippen LogP contribution in [0.2, 0.25) is 0 Å². The van der Waals surface area contributed by atoms with E-state index in [4.69, 9.17) is 9.84 Å². The zero-order valence-corrected chi connectivity index (χ0v) is 9.73. The Morgan fingerprint density at radius 3 is 2.69 bits per heavy atom. The van der Waals surface area contributed by atoms with Crippen LogP contribution in [0.3, 0.4) is 0 Å². The second kappa shape index (κ2) is 5.84. The Hall–Kier alpha value is -1.10. The minimum Gasteiger partial charge on any atom is -0.479 e. The third-order valence-electron chi connectivity index (χ3n) is 2.95. The summed E-state index contributed by atoms with van der Waals surface area (Å²) in [5.74, 6) is -0.919. The van der Waals surface area contributed by atoms with E-state index >= 15 is 0 Å². The van der Waals surface area contributed by atoms with Crippen molar-refractivity contribution in [1.82, 2.24) is 5.32 Å². The predicted molar refractivity (Wildman–Crippen MR) is 58.0 cm³/mol. The fourth-order valence-electron chi connectivity index (χ4n) is 1.61. The summed E-state index contributed by atoms with van der Waals surface area (Å²) in [6.45, 7) is 4.23. The topological polar surface area (TPSA) is 75.6 Å². The molecule has 0 aromatic heterocycles. The Kier molecular flexibility index (Phi) is 4.73. The van der Waals surface area contributed by atoms with Crippen LogP contribution in [0.5, 0.6) is 0 Å². The first-order chi connectivity index (χ1) is 7.54. The van der Waals surface area contributed by atoms with E-state index in [0.29, 0.717) is 19.4 Å². The van der Waals surface area contributed by atoms with Gasteiger partial charge < -0.3 is 15.2 Å². The molecule has 0 spiro atoms. The standard InChI is InChI=1S/C11H19NO4/c1-3-7(2)10(13)12-6-8-4-5-9(16-8)11(14)15/h7-9H,3-6H2,1-2H3,(H,12,13)(H,14,15). The number of carboxylic acid groups (broad SMARTS) is 1. The molecule has 1 rings (SSSR count). The first kappa shape index (κ1) is 13.0. The van der Waals surface area contributed by atoms with Gasteiger partial charge in [0.25, 0.3) is 0 Å². The number of aliphatic carboxylic acids is 1. The van der Waals surface area contributed by atoms with Gasteiger partial charge in [0.1, 0.15) is 0 Å². The predicted octanol–water partition coefficient (Wildman–Crippen LogP) is 0.781. The number of rotatable bonds is 5. The number of carboxylic acids is 1. The number of amides is 1. The average molecular weight is 229 g/mol. The van der Waals surface area contributed by atoms with Crippen molar-refractivity contribution in [1.29, 1.82) is 0 Å². The normalized spacial score (nSPS) is 26.4. The van der Waals surface area contributed by atoms with Crippen molar-refractivity contribution in [2.24, 2.45) is 5.92 Å². The Labute approximate surface area is 95.2 Å². The summed E-state index contributed by atoms with van der Waals surface area (Å²) in [5.41, 5.74) is 0. The molecule has 0 aromatic rings. The summed E-state index contributed by atoms with van der Waals surface area (Å²) in [6.07, 6.45) is 1.16. The molecule has 92 valence electrons. The number of carbonyl (C=O) groups is 2. The molecular formula is C11H19NO4. The van der Waals surface area contributed by atoms with Crippen molar-refractivity contribution in [2.45, 2.75) is 45.3 Å². The molecule has 0 aliphatic carbocycles. The number of nitrogens with one attached hydrogen (secondary N) is 1. The maximum atomic E-state index is 11.5. The molecule has 1 amide bonds. The summed E-state index contributed by atoms with van der Waals surface area (Å²) in [4.78, 5) is 22.1. The van der Waals surface area contributed by atoms with Crippen LogP contribution in [-0.4, -0.2) is 35.7 Å². The van der Waals surface area contributed by atoms with Gasteiger partial charge in [0.05, 0.1) is 6.10 Å². The molecule has 1 fully saturated rings. The second-order valence-electron chi connectivity index (χ2n) is 4.22. The zero-order chi connectivity index (χ0) is 12.1. The van der Waals surface area contributed by atoms with Gasteiger partial charge in [0, 0.05) is 12.5 Å². The van der Waals surface area contributed by atoms with Crippen LogP contribution in [0, 0.1) is 5.92 Å². The van der Waals surface area contributed by atoms with Gasteiger partial charge in [-0.15, -0.1) is 0 Å². The van der Waals surface area contributed by atoms with Gasteiger partial charge in [-0.3, -0.25) is 4.79 Å². The zero-order valence-electron chi connectivity index (χ0n) is 9.73. The third-order valence-corrected chi connectivity index (χ3v) is 2.95. The maximum Gasteiger partial charge on any atom is 0.332 e. The molecule has 1 aliphatic heterocycles. The van der Waals surface area contributed by atoms with E-state index in [1.54, 1.807) is 0 Å². The number of ether oxygens (including phenoxy) is 1. The van der Waals surface area contributed by atoms with Crippen LogP contribution in [0.15, 0.2) is 0 Å². The average Bonchev–Trinajstić information content (AvgIpc) is 2.73. The molecule has 2 N–H and O–H groups in total. The monoisotopic (exact) mass is 229 g/mol. The van der Waals surface area contributed by atoms with E-state index in [9.17, 15) is 9.59 Å². The minimum atomic E-state index is -0.921. The van der Waals surface area contributed by atoms with Gasteiger partial charge in [-0.1, -0.05) is 13.8 Å². The molecule has 1 heterocycles. The SMILES string of the molecule is CCC(C)C(=O)NCC1CCC(C(=O)O)O1. The van der Waals surface area contributed by atoms with Crippen LogP contribution >= 0.6 is 0 Å². The van der Waals surface area contributed by atoms with Gasteiger partial charge in [0.2, 0.25) is 5.91 Å². The molecule has 3 unspecified atom stereocenters. The highest BCUT2D eigenvalue weighted by atomic mass is 16.5. The lowest BCUT2D eigenvalue weighted by molar-refractivity contribution is -0.149. The van der Waals surface area contributed by atoms with Gasteiger partial charge in [-0.05, 0) is 19.3 Å². The molecule has 5 nitrogen and oxygen atoms in total. The summed E-state index contributed by atoms with van der Waals surface area (Å²) in [5, 5.41) is 11.5. The number of hydrogen-bond acceptors (Lipinski definition) is 3. The van der Waals surface area contributed by atoms with Gasteiger partial charge in [-0.25, -0.2) is 4.79 Å². The Bertz CT molecular complexity index is 267. The van der Waals surface area contributed by atoms with Crippen LogP contribution in [0.4, 0.5) is 0 Å². The lowest BCUT2D eigenvalue weighted by atomic mass is 10.1. The lowest BCUT2D eigenvalue weighted by Crippen LogP contribution is -2.35. The summed E-state index contributed by atoms with van der Waals surface area (Å²) >= 11 is 0. The molecule has 1 aliphatic rings. The van der Waals surface area contributed by atoms with E-state index in [0.717, 1.165) is 6.42 Å². The summed E-state index contributed by atoms with van der Waals surface area (Å²) in [7, 11) is 0. The van der Waals surface area contributed by atoms with Crippen molar-refractivity contribution in [3.05, 3.63) is 0 Å². The van der Waals surface area contributed by atoms with Gasteiger partial charge in [-0.2, -0.15) is 0 Å². The largest absolute Gasteiger partial charge is 0.479 e. The number of carbonyl (C=O) groups excluding carboxylic acids is 1. The van der Waals surface area contributed by atoms with E-state index in [-0.39, 0.29) is 17.9 Å². The van der Waals surface area contributed by atoms with Gasteiger partial charge in [0.15, 0.2) is 6.10 Å². The summed E-state index contributed by atoms with van der Waals surface area (Å²) < 4.78 is 5.27. The van der Waals surface area contributed by atoms with E-state index in [1.807, 2.05) is 13.8 Å². The van der Waals surface area contributed by atoms with Crippen LogP contribution in [0.1, 0.15) is 33.1 Å². The van der Waals surface area contributed by atoms with Crippen LogP contribution in [-0.2, 0) is 14.3 Å². The molecular weight excluding hydrogens is 210 g/mol. The smallest absolute Gasteiger partial charge is 0.332 e. The molecule has 1 saturated heterocycles. The summed E-state index contributed by atoms with van der Waals surface area (Å²) in [6, 6.07) is 0. The van der Waals surface area contributed by atoms with Crippen molar-refractivity contribution >= 4 is 11.9 Å². The molecule has 0 bridgehead atoms. The molecule has 0 saturated carbocycles. The highest BCUT2D eigenvalue weighted by molar-refractivity contribution is 5.78. The molecule has 16 heavy (non-hydrogen) atoms.